The quantitative estimate of drug-likeness (QED) is 0.472. The molecule has 1 N–H and O–H groups in total. The molecule has 0 atom stereocenters. The highest BCUT2D eigenvalue weighted by molar-refractivity contribution is 6.11. The van der Waals surface area contributed by atoms with Gasteiger partial charge < -0.3 is 24.1 Å². The molecule has 0 spiro atoms. The number of hydrogen-bond donors (Lipinski definition) is 1. The van der Waals surface area contributed by atoms with E-state index >= 15 is 0 Å². The standard InChI is InChI=1S/C19H20O6/c1-22-13-6-7-14(15(20)11-13)19(21)18(25-4)10-12-5-8-16(23-2)17(9-12)24-3/h5-11,20H,1-4H3. The summed E-state index contributed by atoms with van der Waals surface area (Å²) in [6, 6.07) is 9.67. The SMILES string of the molecule is COC(=Cc1ccc(OC)c(OC)c1)C(=O)c1ccc(OC)cc1O. The van der Waals surface area contributed by atoms with E-state index in [1.807, 2.05) is 0 Å². The summed E-state index contributed by atoms with van der Waals surface area (Å²) in [5.74, 6) is 1.02. The van der Waals surface area contributed by atoms with Crippen LogP contribution in [0.1, 0.15) is 15.9 Å². The van der Waals surface area contributed by atoms with Gasteiger partial charge in [-0.3, -0.25) is 4.79 Å². The molecule has 0 fully saturated rings. The highest BCUT2D eigenvalue weighted by atomic mass is 16.5. The Kier molecular flexibility index (Phi) is 5.89. The van der Waals surface area contributed by atoms with Crippen molar-refractivity contribution in [3.63, 3.8) is 0 Å². The maximum absolute atomic E-state index is 12.6. The number of ketones is 1. The van der Waals surface area contributed by atoms with Crippen molar-refractivity contribution >= 4 is 11.9 Å². The summed E-state index contributed by atoms with van der Waals surface area (Å²) in [4.78, 5) is 12.6. The molecule has 2 aromatic carbocycles. The van der Waals surface area contributed by atoms with Crippen molar-refractivity contribution in [3.05, 3.63) is 53.3 Å². The minimum absolute atomic E-state index is 0.0766. The van der Waals surface area contributed by atoms with Gasteiger partial charge in [-0.1, -0.05) is 6.07 Å². The van der Waals surface area contributed by atoms with Crippen molar-refractivity contribution in [1.82, 2.24) is 0 Å². The number of allylic oxidation sites excluding steroid dienone is 1. The van der Waals surface area contributed by atoms with Crippen LogP contribution in [-0.2, 0) is 4.74 Å². The molecule has 0 saturated heterocycles. The number of aromatic hydroxyl groups is 1. The number of methoxy groups -OCH3 is 4. The molecule has 0 amide bonds. The van der Waals surface area contributed by atoms with E-state index in [9.17, 15) is 9.90 Å². The predicted octanol–water partition coefficient (Wildman–Crippen LogP) is 3.29. The van der Waals surface area contributed by atoms with Crippen molar-refractivity contribution in [3.8, 4) is 23.0 Å². The normalized spacial score (nSPS) is 11.0. The highest BCUT2D eigenvalue weighted by Crippen LogP contribution is 2.30. The zero-order valence-corrected chi connectivity index (χ0v) is 14.5. The van der Waals surface area contributed by atoms with Gasteiger partial charge in [-0.2, -0.15) is 0 Å². The number of phenols is 1. The third-order valence-electron chi connectivity index (χ3n) is 3.60. The van der Waals surface area contributed by atoms with Gasteiger partial charge >= 0.3 is 0 Å². The van der Waals surface area contributed by atoms with Crippen LogP contribution in [0.2, 0.25) is 0 Å². The number of benzene rings is 2. The van der Waals surface area contributed by atoms with E-state index in [1.165, 1.54) is 33.5 Å². The Morgan fingerprint density at radius 2 is 1.64 bits per heavy atom. The molecule has 0 saturated carbocycles. The van der Waals surface area contributed by atoms with Crippen molar-refractivity contribution in [2.45, 2.75) is 0 Å². The van der Waals surface area contributed by atoms with Gasteiger partial charge in [0.25, 0.3) is 0 Å². The molecule has 6 heteroatoms. The fraction of sp³-hybridized carbons (Fsp3) is 0.211. The van der Waals surface area contributed by atoms with Gasteiger partial charge in [0.15, 0.2) is 17.3 Å². The Balaban J connectivity index is 2.38. The number of phenolic OH excluding ortho intramolecular Hbond substituents is 1. The fourth-order valence-electron chi connectivity index (χ4n) is 2.27. The van der Waals surface area contributed by atoms with Gasteiger partial charge in [-0.05, 0) is 35.9 Å². The zero-order chi connectivity index (χ0) is 18.4. The van der Waals surface area contributed by atoms with Crippen LogP contribution < -0.4 is 14.2 Å². The lowest BCUT2D eigenvalue weighted by Gasteiger charge is -2.10. The molecule has 0 radical (unpaired) electrons. The third kappa shape index (κ3) is 4.03. The van der Waals surface area contributed by atoms with Gasteiger partial charge in [0.1, 0.15) is 11.5 Å². The Morgan fingerprint density at radius 3 is 2.20 bits per heavy atom. The first-order chi connectivity index (χ1) is 12.0. The van der Waals surface area contributed by atoms with Crippen LogP contribution in [0.15, 0.2) is 42.2 Å². The molecule has 2 aromatic rings. The maximum Gasteiger partial charge on any atom is 0.231 e. The number of hydrogen-bond acceptors (Lipinski definition) is 6. The van der Waals surface area contributed by atoms with E-state index in [-0.39, 0.29) is 17.1 Å². The van der Waals surface area contributed by atoms with Crippen LogP contribution in [0.4, 0.5) is 0 Å². The van der Waals surface area contributed by atoms with Gasteiger partial charge in [-0.25, -0.2) is 0 Å². The molecule has 2 rings (SSSR count). The van der Waals surface area contributed by atoms with Crippen molar-refractivity contribution in [1.29, 1.82) is 0 Å². The van der Waals surface area contributed by atoms with Crippen LogP contribution in [-0.4, -0.2) is 39.3 Å². The van der Waals surface area contributed by atoms with Crippen molar-refractivity contribution in [2.75, 3.05) is 28.4 Å². The minimum Gasteiger partial charge on any atom is -0.507 e. The second-order valence-corrected chi connectivity index (χ2v) is 5.04. The Hall–Kier alpha value is -3.15. The molecular weight excluding hydrogens is 324 g/mol. The van der Waals surface area contributed by atoms with Gasteiger partial charge in [0.2, 0.25) is 5.78 Å². The summed E-state index contributed by atoms with van der Waals surface area (Å²) in [5.41, 5.74) is 0.810. The van der Waals surface area contributed by atoms with Crippen LogP contribution in [0.3, 0.4) is 0 Å². The molecule has 0 aliphatic heterocycles. The van der Waals surface area contributed by atoms with Crippen molar-refractivity contribution < 1.29 is 28.8 Å². The van der Waals surface area contributed by atoms with Crippen LogP contribution >= 0.6 is 0 Å². The monoisotopic (exact) mass is 344 g/mol. The summed E-state index contributed by atoms with van der Waals surface area (Å²) in [5, 5.41) is 10.0. The van der Waals surface area contributed by atoms with Gasteiger partial charge in [0, 0.05) is 6.07 Å². The average molecular weight is 344 g/mol. The Morgan fingerprint density at radius 1 is 0.920 bits per heavy atom. The molecule has 0 bridgehead atoms. The molecule has 0 aliphatic carbocycles. The van der Waals surface area contributed by atoms with E-state index in [4.69, 9.17) is 18.9 Å². The second-order valence-electron chi connectivity index (χ2n) is 5.04. The molecule has 0 aromatic heterocycles. The lowest BCUT2D eigenvalue weighted by Crippen LogP contribution is -2.06. The third-order valence-corrected chi connectivity index (χ3v) is 3.60. The molecule has 0 heterocycles. The minimum atomic E-state index is -0.447. The highest BCUT2D eigenvalue weighted by Gasteiger charge is 2.18. The van der Waals surface area contributed by atoms with Crippen LogP contribution in [0.5, 0.6) is 23.0 Å². The first-order valence-corrected chi connectivity index (χ1v) is 7.43. The summed E-state index contributed by atoms with van der Waals surface area (Å²) in [6.07, 6.45) is 1.56. The first-order valence-electron chi connectivity index (χ1n) is 7.43. The number of rotatable bonds is 7. The molecule has 25 heavy (non-hydrogen) atoms. The summed E-state index contributed by atoms with van der Waals surface area (Å²) >= 11 is 0. The summed E-state index contributed by atoms with van der Waals surface area (Å²) < 4.78 is 20.7. The Labute approximate surface area is 146 Å². The zero-order valence-electron chi connectivity index (χ0n) is 14.5. The average Bonchev–Trinajstić information content (AvgIpc) is 2.65. The molecule has 0 aliphatic rings. The molecule has 6 nitrogen and oxygen atoms in total. The van der Waals surface area contributed by atoms with Gasteiger partial charge in [0.05, 0.1) is 34.0 Å². The topological polar surface area (TPSA) is 74.2 Å². The first kappa shape index (κ1) is 18.2. The van der Waals surface area contributed by atoms with E-state index in [2.05, 4.69) is 0 Å². The van der Waals surface area contributed by atoms with E-state index in [0.717, 1.165) is 0 Å². The fourth-order valence-corrected chi connectivity index (χ4v) is 2.27. The number of ether oxygens (including phenoxy) is 4. The Bertz CT molecular complexity index is 794. The van der Waals surface area contributed by atoms with E-state index < -0.39 is 5.78 Å². The lowest BCUT2D eigenvalue weighted by atomic mass is 10.1. The summed E-state index contributed by atoms with van der Waals surface area (Å²) in [7, 11) is 5.95. The van der Waals surface area contributed by atoms with Crippen molar-refractivity contribution in [2.24, 2.45) is 0 Å². The molecule has 0 unspecified atom stereocenters. The summed E-state index contributed by atoms with van der Waals surface area (Å²) in [6.45, 7) is 0. The number of Topliss-reactive ketones (excluding diaryl/α,β-unsaturated/α-hetero) is 1. The molecule has 132 valence electrons. The lowest BCUT2D eigenvalue weighted by molar-refractivity contribution is 0.0954. The van der Waals surface area contributed by atoms with E-state index in [0.29, 0.717) is 22.8 Å². The predicted molar refractivity (Wildman–Crippen MR) is 93.5 cm³/mol. The van der Waals surface area contributed by atoms with Crippen LogP contribution in [0, 0.1) is 0 Å². The smallest absolute Gasteiger partial charge is 0.231 e. The van der Waals surface area contributed by atoms with E-state index in [1.54, 1.807) is 37.5 Å². The number of carbonyl (C=O) groups excluding carboxylic acids is 1. The van der Waals surface area contributed by atoms with Crippen LogP contribution in [0.25, 0.3) is 6.08 Å². The largest absolute Gasteiger partial charge is 0.507 e. The maximum atomic E-state index is 12.6. The molecular formula is C19H20O6. The second kappa shape index (κ2) is 8.10. The number of carbonyl (C=O) groups is 1. The van der Waals surface area contributed by atoms with Gasteiger partial charge in [-0.15, -0.1) is 0 Å².